The molecule has 0 atom stereocenters. The first-order valence-corrected chi connectivity index (χ1v) is 8.63. The number of nitrogens with one attached hydrogen (secondary N) is 1. The number of carbonyl (C=O) groups excluding carboxylic acids is 2. The lowest BCUT2D eigenvalue weighted by Crippen LogP contribution is -2.41. The fraction of sp³-hybridized carbons (Fsp3) is 0.263. The first kappa shape index (κ1) is 17.3. The molecule has 5 nitrogen and oxygen atoms in total. The molecular weight excluding hydrogens is 340 g/mol. The van der Waals surface area contributed by atoms with E-state index in [2.05, 4.69) is 5.32 Å². The number of rotatable bonds is 4. The van der Waals surface area contributed by atoms with E-state index in [1.54, 1.807) is 47.4 Å². The smallest absolute Gasteiger partial charge is 0.270 e. The number of benzene rings is 1. The molecule has 0 saturated carbocycles. The fourth-order valence-corrected chi connectivity index (χ4v) is 2.86. The molecule has 1 aliphatic rings. The quantitative estimate of drug-likeness (QED) is 0.847. The van der Waals surface area contributed by atoms with Gasteiger partial charge in [0.15, 0.2) is 0 Å². The molecule has 1 aromatic heterocycles. The van der Waals surface area contributed by atoms with Gasteiger partial charge in [0.2, 0.25) is 0 Å². The third-order valence-electron chi connectivity index (χ3n) is 4.06. The van der Waals surface area contributed by atoms with Crippen molar-refractivity contribution in [3.05, 3.63) is 64.7 Å². The minimum atomic E-state index is -0.361. The van der Waals surface area contributed by atoms with Crippen LogP contribution in [0, 0.1) is 0 Å². The Kier molecular flexibility index (Phi) is 5.56. The van der Waals surface area contributed by atoms with Crippen LogP contribution in [0.2, 0.25) is 5.02 Å². The summed E-state index contributed by atoms with van der Waals surface area (Å²) in [4.78, 5) is 27.1. The second-order valence-electron chi connectivity index (χ2n) is 5.89. The Bertz CT molecular complexity index is 760. The standard InChI is InChI=1S/C19H19ClN2O3/c20-15-8-6-14(7-9-15)18(23)21-17(13-16-5-4-12-25-16)19(24)22-10-2-1-3-11-22/h4-9,12-13H,1-3,10-11H2,(H,21,23)/b17-13-. The number of furan rings is 1. The fourth-order valence-electron chi connectivity index (χ4n) is 2.73. The molecule has 25 heavy (non-hydrogen) atoms. The molecule has 1 saturated heterocycles. The van der Waals surface area contributed by atoms with Crippen molar-refractivity contribution in [2.45, 2.75) is 19.3 Å². The monoisotopic (exact) mass is 358 g/mol. The van der Waals surface area contributed by atoms with Crippen LogP contribution in [-0.2, 0) is 4.79 Å². The van der Waals surface area contributed by atoms with Crippen molar-refractivity contribution < 1.29 is 14.0 Å². The highest BCUT2D eigenvalue weighted by Gasteiger charge is 2.22. The summed E-state index contributed by atoms with van der Waals surface area (Å²) in [6.07, 6.45) is 6.16. The maximum Gasteiger partial charge on any atom is 0.270 e. The van der Waals surface area contributed by atoms with E-state index in [4.69, 9.17) is 16.0 Å². The van der Waals surface area contributed by atoms with Crippen molar-refractivity contribution in [2.75, 3.05) is 13.1 Å². The van der Waals surface area contributed by atoms with Gasteiger partial charge in [-0.15, -0.1) is 0 Å². The number of piperidine rings is 1. The van der Waals surface area contributed by atoms with E-state index < -0.39 is 0 Å². The van der Waals surface area contributed by atoms with Crippen LogP contribution in [0.25, 0.3) is 6.08 Å². The Morgan fingerprint density at radius 3 is 2.44 bits per heavy atom. The van der Waals surface area contributed by atoms with Crippen molar-refractivity contribution >= 4 is 29.5 Å². The van der Waals surface area contributed by atoms with Gasteiger partial charge in [0.1, 0.15) is 11.5 Å². The summed E-state index contributed by atoms with van der Waals surface area (Å²) >= 11 is 5.85. The number of halogens is 1. The van der Waals surface area contributed by atoms with Crippen molar-refractivity contribution in [3.63, 3.8) is 0 Å². The molecule has 0 radical (unpaired) electrons. The van der Waals surface area contributed by atoms with E-state index in [9.17, 15) is 9.59 Å². The molecule has 3 rings (SSSR count). The van der Waals surface area contributed by atoms with E-state index >= 15 is 0 Å². The zero-order chi connectivity index (χ0) is 17.6. The van der Waals surface area contributed by atoms with Gasteiger partial charge in [-0.1, -0.05) is 11.6 Å². The summed E-state index contributed by atoms with van der Waals surface area (Å²) in [5.74, 6) is -0.0463. The molecule has 130 valence electrons. The van der Waals surface area contributed by atoms with Crippen molar-refractivity contribution in [1.82, 2.24) is 10.2 Å². The number of likely N-dealkylation sites (tertiary alicyclic amines) is 1. The van der Waals surface area contributed by atoms with Crippen molar-refractivity contribution in [2.24, 2.45) is 0 Å². The predicted octanol–water partition coefficient (Wildman–Crippen LogP) is 3.72. The summed E-state index contributed by atoms with van der Waals surface area (Å²) < 4.78 is 5.29. The normalized spacial score (nSPS) is 15.1. The van der Waals surface area contributed by atoms with Gasteiger partial charge in [0, 0.05) is 29.8 Å². The lowest BCUT2D eigenvalue weighted by Gasteiger charge is -2.27. The molecule has 0 spiro atoms. The van der Waals surface area contributed by atoms with E-state index in [1.807, 2.05) is 0 Å². The van der Waals surface area contributed by atoms with E-state index in [1.165, 1.54) is 6.26 Å². The summed E-state index contributed by atoms with van der Waals surface area (Å²) in [5, 5.41) is 3.26. The number of nitrogens with zero attached hydrogens (tertiary/aromatic N) is 1. The Labute approximate surface area is 151 Å². The van der Waals surface area contributed by atoms with Gasteiger partial charge >= 0.3 is 0 Å². The average Bonchev–Trinajstić information content (AvgIpc) is 3.15. The van der Waals surface area contributed by atoms with E-state index in [-0.39, 0.29) is 17.5 Å². The second kappa shape index (κ2) is 8.03. The molecule has 2 heterocycles. The van der Waals surface area contributed by atoms with Crippen LogP contribution in [-0.4, -0.2) is 29.8 Å². The molecule has 2 amide bonds. The average molecular weight is 359 g/mol. The minimum Gasteiger partial charge on any atom is -0.465 e. The van der Waals surface area contributed by atoms with Crippen molar-refractivity contribution in [3.8, 4) is 0 Å². The van der Waals surface area contributed by atoms with Crippen molar-refractivity contribution in [1.29, 1.82) is 0 Å². The van der Waals surface area contributed by atoms with Crippen LogP contribution in [0.15, 0.2) is 52.8 Å². The second-order valence-corrected chi connectivity index (χ2v) is 6.32. The largest absolute Gasteiger partial charge is 0.465 e. The highest BCUT2D eigenvalue weighted by molar-refractivity contribution is 6.30. The Hall–Kier alpha value is -2.53. The van der Waals surface area contributed by atoms with Crippen LogP contribution in [0.3, 0.4) is 0 Å². The number of carbonyl (C=O) groups is 2. The predicted molar refractivity (Wildman–Crippen MR) is 96.0 cm³/mol. The SMILES string of the molecule is O=C(N/C(=C\c1ccco1)C(=O)N1CCCCC1)c1ccc(Cl)cc1. The minimum absolute atomic E-state index is 0.196. The molecular formula is C19H19ClN2O3. The Morgan fingerprint density at radius 1 is 1.08 bits per heavy atom. The molecule has 0 bridgehead atoms. The van der Waals surface area contributed by atoms with Crippen LogP contribution in [0.5, 0.6) is 0 Å². The molecule has 1 aliphatic heterocycles. The zero-order valence-electron chi connectivity index (χ0n) is 13.7. The van der Waals surface area contributed by atoms with Gasteiger partial charge < -0.3 is 14.6 Å². The summed E-state index contributed by atoms with van der Waals surface area (Å²) in [7, 11) is 0. The van der Waals surface area contributed by atoms with Gasteiger partial charge in [0.25, 0.3) is 11.8 Å². The lowest BCUT2D eigenvalue weighted by atomic mass is 10.1. The van der Waals surface area contributed by atoms with E-state index in [0.717, 1.165) is 19.3 Å². The molecule has 1 N–H and O–H groups in total. The highest BCUT2D eigenvalue weighted by atomic mass is 35.5. The maximum atomic E-state index is 12.8. The zero-order valence-corrected chi connectivity index (χ0v) is 14.5. The third-order valence-corrected chi connectivity index (χ3v) is 4.31. The molecule has 0 aliphatic carbocycles. The highest BCUT2D eigenvalue weighted by Crippen LogP contribution is 2.15. The molecule has 1 fully saturated rings. The van der Waals surface area contributed by atoms with Gasteiger partial charge in [-0.25, -0.2) is 0 Å². The maximum absolute atomic E-state index is 12.8. The van der Waals surface area contributed by atoms with Crippen LogP contribution in [0.4, 0.5) is 0 Å². The van der Waals surface area contributed by atoms with Gasteiger partial charge in [-0.2, -0.15) is 0 Å². The molecule has 2 aromatic rings. The van der Waals surface area contributed by atoms with E-state index in [0.29, 0.717) is 29.4 Å². The first-order valence-electron chi connectivity index (χ1n) is 8.25. The van der Waals surface area contributed by atoms with Gasteiger partial charge in [-0.05, 0) is 55.7 Å². The lowest BCUT2D eigenvalue weighted by molar-refractivity contribution is -0.128. The Balaban J connectivity index is 1.82. The summed E-state index contributed by atoms with van der Waals surface area (Å²) in [6, 6.07) is 9.98. The number of hydrogen-bond donors (Lipinski definition) is 1. The number of hydrogen-bond acceptors (Lipinski definition) is 3. The van der Waals surface area contributed by atoms with Gasteiger partial charge in [0.05, 0.1) is 6.26 Å². The first-order chi connectivity index (χ1) is 12.1. The van der Waals surface area contributed by atoms with Crippen LogP contribution < -0.4 is 5.32 Å². The van der Waals surface area contributed by atoms with Crippen LogP contribution >= 0.6 is 11.6 Å². The molecule has 0 unspecified atom stereocenters. The topological polar surface area (TPSA) is 62.6 Å². The van der Waals surface area contributed by atoms with Gasteiger partial charge in [-0.3, -0.25) is 9.59 Å². The number of amides is 2. The third kappa shape index (κ3) is 4.51. The molecule has 6 heteroatoms. The summed E-state index contributed by atoms with van der Waals surface area (Å²) in [6.45, 7) is 1.40. The van der Waals surface area contributed by atoms with Crippen LogP contribution in [0.1, 0.15) is 35.4 Å². The summed E-state index contributed by atoms with van der Waals surface area (Å²) in [5.41, 5.74) is 0.637. The molecule has 1 aromatic carbocycles. The Morgan fingerprint density at radius 2 is 1.80 bits per heavy atom.